The molecule has 2 heterocycles. The maximum absolute atomic E-state index is 12.5. The summed E-state index contributed by atoms with van der Waals surface area (Å²) < 4.78 is 11.5. The molecule has 142 valence electrons. The summed E-state index contributed by atoms with van der Waals surface area (Å²) in [6, 6.07) is 18.3. The second-order valence-corrected chi connectivity index (χ2v) is 7.30. The Kier molecular flexibility index (Phi) is 4.93. The summed E-state index contributed by atoms with van der Waals surface area (Å²) in [5.41, 5.74) is 0.974. The number of nitrogens with one attached hydrogen (secondary N) is 1. The molecule has 0 saturated heterocycles. The molecule has 6 heteroatoms. The Bertz CT molecular complexity index is 1040. The molecule has 0 fully saturated rings. The molecule has 4 rings (SSSR count). The van der Waals surface area contributed by atoms with E-state index in [0.29, 0.717) is 27.2 Å². The van der Waals surface area contributed by atoms with E-state index in [4.69, 9.17) is 9.15 Å². The van der Waals surface area contributed by atoms with Gasteiger partial charge in [-0.05, 0) is 57.4 Å². The molecular formula is C22H18BrNO4. The Morgan fingerprint density at radius 1 is 1.14 bits per heavy atom. The summed E-state index contributed by atoms with van der Waals surface area (Å²) in [6.07, 6.45) is 2.65. The van der Waals surface area contributed by atoms with Gasteiger partial charge in [0.05, 0.1) is 0 Å². The minimum atomic E-state index is -1.61. The number of furan rings is 1. The van der Waals surface area contributed by atoms with Crippen molar-refractivity contribution >= 4 is 39.7 Å². The number of rotatable bonds is 4. The first-order valence-corrected chi connectivity index (χ1v) is 9.51. The molecule has 2 aromatic carbocycles. The predicted molar refractivity (Wildman–Crippen MR) is 111 cm³/mol. The van der Waals surface area contributed by atoms with Crippen LogP contribution < -0.4 is 5.32 Å². The molecule has 1 amide bonds. The van der Waals surface area contributed by atoms with E-state index in [2.05, 4.69) is 21.2 Å². The van der Waals surface area contributed by atoms with Gasteiger partial charge in [0.1, 0.15) is 5.76 Å². The fourth-order valence-corrected chi connectivity index (χ4v) is 3.81. The van der Waals surface area contributed by atoms with Crippen LogP contribution >= 0.6 is 15.9 Å². The van der Waals surface area contributed by atoms with Gasteiger partial charge in [0.2, 0.25) is 0 Å². The molecule has 0 saturated carbocycles. The van der Waals surface area contributed by atoms with E-state index < -0.39 is 11.7 Å². The van der Waals surface area contributed by atoms with Crippen LogP contribution in [-0.4, -0.2) is 24.2 Å². The van der Waals surface area contributed by atoms with Gasteiger partial charge in [0, 0.05) is 18.4 Å². The lowest BCUT2D eigenvalue weighted by Gasteiger charge is -2.40. The van der Waals surface area contributed by atoms with Crippen molar-refractivity contribution in [3.05, 3.63) is 87.8 Å². The van der Waals surface area contributed by atoms with E-state index in [1.54, 1.807) is 18.2 Å². The van der Waals surface area contributed by atoms with Gasteiger partial charge in [-0.1, -0.05) is 42.5 Å². The van der Waals surface area contributed by atoms with Gasteiger partial charge in [-0.25, -0.2) is 0 Å². The number of hydrogen-bond acceptors (Lipinski definition) is 4. The van der Waals surface area contributed by atoms with Gasteiger partial charge in [0.25, 0.3) is 5.91 Å². The molecule has 0 bridgehead atoms. The number of aliphatic hydroxyl groups is 1. The zero-order chi connectivity index (χ0) is 19.7. The van der Waals surface area contributed by atoms with Gasteiger partial charge in [-0.15, -0.1) is 0 Å². The Morgan fingerprint density at radius 3 is 2.61 bits per heavy atom. The molecule has 1 aliphatic heterocycles. The maximum atomic E-state index is 12.5. The maximum Gasteiger partial charge on any atom is 0.257 e. The number of fused-ring (bicyclic) bond motifs is 1. The van der Waals surface area contributed by atoms with Gasteiger partial charge in [-0.2, -0.15) is 0 Å². The topological polar surface area (TPSA) is 71.7 Å². The van der Waals surface area contributed by atoms with Crippen LogP contribution in [0.5, 0.6) is 0 Å². The molecular weight excluding hydrogens is 422 g/mol. The number of anilines is 1. The zero-order valence-corrected chi connectivity index (χ0v) is 16.6. The highest BCUT2D eigenvalue weighted by molar-refractivity contribution is 9.10. The molecule has 0 radical (unpaired) electrons. The minimum absolute atomic E-state index is 0.384. The van der Waals surface area contributed by atoms with Crippen molar-refractivity contribution in [1.29, 1.82) is 0 Å². The smallest absolute Gasteiger partial charge is 0.257 e. The van der Waals surface area contributed by atoms with Gasteiger partial charge < -0.3 is 19.6 Å². The summed E-state index contributed by atoms with van der Waals surface area (Å²) in [5.74, 6) is 0.316. The lowest BCUT2D eigenvalue weighted by atomic mass is 9.77. The third-order valence-corrected chi connectivity index (χ3v) is 5.24. The highest BCUT2D eigenvalue weighted by Gasteiger charge is 2.49. The summed E-state index contributed by atoms with van der Waals surface area (Å²) in [4.78, 5) is 12.5. The molecule has 1 aromatic heterocycles. The number of halogens is 1. The average Bonchev–Trinajstić information content (AvgIpc) is 3.13. The van der Waals surface area contributed by atoms with Crippen molar-refractivity contribution in [3.63, 3.8) is 0 Å². The van der Waals surface area contributed by atoms with Crippen molar-refractivity contribution in [2.24, 2.45) is 0 Å². The quantitative estimate of drug-likeness (QED) is 0.631. The van der Waals surface area contributed by atoms with Crippen molar-refractivity contribution in [3.8, 4) is 0 Å². The molecule has 5 nitrogen and oxygen atoms in total. The van der Waals surface area contributed by atoms with Crippen molar-refractivity contribution in [1.82, 2.24) is 0 Å². The molecule has 28 heavy (non-hydrogen) atoms. The van der Waals surface area contributed by atoms with Crippen molar-refractivity contribution < 1.29 is 19.1 Å². The van der Waals surface area contributed by atoms with E-state index in [1.165, 1.54) is 7.11 Å². The molecule has 2 atom stereocenters. The Morgan fingerprint density at radius 2 is 1.93 bits per heavy atom. The van der Waals surface area contributed by atoms with E-state index in [1.807, 2.05) is 54.6 Å². The van der Waals surface area contributed by atoms with Crippen LogP contribution in [0.2, 0.25) is 0 Å². The Balaban J connectivity index is 1.82. The Hall–Kier alpha value is -2.67. The minimum Gasteiger partial charge on any atom is -0.450 e. The number of carbonyl (C=O) groups is 1. The molecule has 2 unspecified atom stereocenters. The molecule has 2 N–H and O–H groups in total. The summed E-state index contributed by atoms with van der Waals surface area (Å²) in [5, 5.41) is 14.5. The van der Waals surface area contributed by atoms with Crippen LogP contribution in [0.3, 0.4) is 0 Å². The normalized spacial score (nSPS) is 21.5. The lowest BCUT2D eigenvalue weighted by Crippen LogP contribution is -2.52. The van der Waals surface area contributed by atoms with Crippen LogP contribution in [0.15, 0.2) is 69.8 Å². The standard InChI is InChI=1S/C22H18BrNO4/c1-27-20-21(25)24-18-11-8-14(7-9-16-10-12-19(23)28-16)13-17(18)22(20,26)15-5-3-2-4-6-15/h2-13,20,26H,1H3,(H,24,25)/b9-7+. The first-order chi connectivity index (χ1) is 13.5. The number of ether oxygens (including phenoxy) is 1. The van der Waals surface area contributed by atoms with E-state index in [-0.39, 0.29) is 5.91 Å². The summed E-state index contributed by atoms with van der Waals surface area (Å²) in [6.45, 7) is 0. The van der Waals surface area contributed by atoms with Crippen molar-refractivity contribution in [2.75, 3.05) is 12.4 Å². The summed E-state index contributed by atoms with van der Waals surface area (Å²) >= 11 is 3.28. The van der Waals surface area contributed by atoms with Gasteiger partial charge in [0.15, 0.2) is 16.4 Å². The predicted octanol–water partition coefficient (Wildman–Crippen LogP) is 4.42. The lowest BCUT2D eigenvalue weighted by molar-refractivity contribution is -0.142. The van der Waals surface area contributed by atoms with Gasteiger partial charge >= 0.3 is 0 Å². The van der Waals surface area contributed by atoms with Crippen LogP contribution in [0.4, 0.5) is 5.69 Å². The fourth-order valence-electron chi connectivity index (χ4n) is 3.49. The summed E-state index contributed by atoms with van der Waals surface area (Å²) in [7, 11) is 1.42. The van der Waals surface area contributed by atoms with Crippen LogP contribution in [-0.2, 0) is 15.1 Å². The fraction of sp³-hybridized carbons (Fsp3) is 0.136. The number of amides is 1. The third-order valence-electron chi connectivity index (χ3n) is 4.81. The molecule has 0 spiro atoms. The molecule has 0 aliphatic carbocycles. The van der Waals surface area contributed by atoms with E-state index in [0.717, 1.165) is 5.56 Å². The van der Waals surface area contributed by atoms with E-state index >= 15 is 0 Å². The van der Waals surface area contributed by atoms with Crippen LogP contribution in [0.1, 0.15) is 22.5 Å². The monoisotopic (exact) mass is 439 g/mol. The highest BCUT2D eigenvalue weighted by atomic mass is 79.9. The first-order valence-electron chi connectivity index (χ1n) is 8.72. The van der Waals surface area contributed by atoms with Crippen LogP contribution in [0.25, 0.3) is 12.2 Å². The zero-order valence-electron chi connectivity index (χ0n) is 15.1. The van der Waals surface area contributed by atoms with E-state index in [9.17, 15) is 9.90 Å². The average molecular weight is 440 g/mol. The number of carbonyl (C=O) groups excluding carboxylic acids is 1. The molecule has 3 aromatic rings. The van der Waals surface area contributed by atoms with Gasteiger partial charge in [-0.3, -0.25) is 4.79 Å². The second-order valence-electron chi connectivity index (χ2n) is 6.52. The largest absolute Gasteiger partial charge is 0.450 e. The SMILES string of the molecule is COC1C(=O)Nc2ccc(/C=C/c3ccc(Br)o3)cc2C1(O)c1ccccc1. The highest BCUT2D eigenvalue weighted by Crippen LogP contribution is 2.42. The number of hydrogen-bond donors (Lipinski definition) is 2. The Labute approximate surface area is 170 Å². The molecule has 1 aliphatic rings. The number of methoxy groups -OCH3 is 1. The first kappa shape index (κ1) is 18.7. The second kappa shape index (κ2) is 7.39. The van der Waals surface area contributed by atoms with Crippen molar-refractivity contribution in [2.45, 2.75) is 11.7 Å². The third kappa shape index (κ3) is 3.20. The number of benzene rings is 2. The van der Waals surface area contributed by atoms with Crippen LogP contribution in [0, 0.1) is 0 Å².